The van der Waals surface area contributed by atoms with Gasteiger partial charge in [0.1, 0.15) is 6.07 Å². The van der Waals surface area contributed by atoms with E-state index in [2.05, 4.69) is 26.4 Å². The lowest BCUT2D eigenvalue weighted by atomic mass is 9.99. The molecule has 2 rings (SSSR count). The summed E-state index contributed by atoms with van der Waals surface area (Å²) in [6.45, 7) is 0. The molecule has 110 valence electrons. The highest BCUT2D eigenvalue weighted by atomic mass is 79.9. The van der Waals surface area contributed by atoms with Gasteiger partial charge in [0.25, 0.3) is 12.1 Å². The highest BCUT2D eigenvalue weighted by molar-refractivity contribution is 9.10. The number of nitriles is 1. The number of amides is 1. The zero-order valence-corrected chi connectivity index (χ0v) is 13.1. The van der Waals surface area contributed by atoms with Gasteiger partial charge < -0.3 is 10.2 Å². The number of carbonyl (C=O) groups excluding carboxylic acids is 1. The Morgan fingerprint density at radius 1 is 1.33 bits per heavy atom. The molecule has 1 aromatic rings. The van der Waals surface area contributed by atoms with Gasteiger partial charge in [0, 0.05) is 4.47 Å². The van der Waals surface area contributed by atoms with E-state index < -0.39 is 6.23 Å². The van der Waals surface area contributed by atoms with Crippen LogP contribution in [0, 0.1) is 11.3 Å². The number of nitrogens with zero attached hydrogens (tertiary/aromatic N) is 2. The highest BCUT2D eigenvalue weighted by Crippen LogP contribution is 2.16. The van der Waals surface area contributed by atoms with Crippen LogP contribution >= 0.6 is 15.9 Å². The van der Waals surface area contributed by atoms with Crippen molar-refractivity contribution in [2.24, 2.45) is 5.16 Å². The third-order valence-corrected chi connectivity index (χ3v) is 3.91. The fraction of sp³-hybridized carbons (Fsp3) is 0.400. The summed E-state index contributed by atoms with van der Waals surface area (Å²) in [5.41, 5.74) is 1.41. The van der Waals surface area contributed by atoms with Crippen LogP contribution in [-0.2, 0) is 4.84 Å². The lowest BCUT2D eigenvalue weighted by Gasteiger charge is -2.14. The minimum atomic E-state index is -1.08. The predicted octanol–water partition coefficient (Wildman–Crippen LogP) is 3.37. The smallest absolute Gasteiger partial charge is 0.287 e. The summed E-state index contributed by atoms with van der Waals surface area (Å²) in [6, 6.07) is 8.88. The van der Waals surface area contributed by atoms with E-state index in [1.807, 2.05) is 12.1 Å². The van der Waals surface area contributed by atoms with Crippen molar-refractivity contribution >= 4 is 27.5 Å². The number of hydrogen-bond acceptors (Lipinski definition) is 4. The van der Waals surface area contributed by atoms with Crippen LogP contribution in [0.4, 0.5) is 0 Å². The molecule has 1 aromatic carbocycles. The van der Waals surface area contributed by atoms with Gasteiger partial charge in [-0.25, -0.2) is 0 Å². The van der Waals surface area contributed by atoms with Crippen molar-refractivity contribution in [3.63, 3.8) is 0 Å². The first kappa shape index (κ1) is 15.5. The Balaban J connectivity index is 1.95. The second kappa shape index (κ2) is 7.79. The maximum absolute atomic E-state index is 12.1. The van der Waals surface area contributed by atoms with E-state index in [1.165, 1.54) is 6.42 Å². The number of benzene rings is 1. The predicted molar refractivity (Wildman–Crippen MR) is 82.6 cm³/mol. The Hall–Kier alpha value is -1.87. The molecule has 0 bridgehead atoms. The van der Waals surface area contributed by atoms with Crippen LogP contribution in [0.5, 0.6) is 0 Å². The molecule has 1 unspecified atom stereocenters. The molecule has 1 atom stereocenters. The molecule has 0 heterocycles. The number of oxime groups is 1. The molecule has 0 saturated heterocycles. The van der Waals surface area contributed by atoms with Crippen LogP contribution < -0.4 is 5.32 Å². The summed E-state index contributed by atoms with van der Waals surface area (Å²) in [4.78, 5) is 17.2. The Morgan fingerprint density at radius 3 is 2.71 bits per heavy atom. The molecule has 1 saturated carbocycles. The van der Waals surface area contributed by atoms with Gasteiger partial charge in [-0.3, -0.25) is 4.79 Å². The van der Waals surface area contributed by atoms with E-state index in [9.17, 15) is 4.79 Å². The Labute approximate surface area is 132 Å². The van der Waals surface area contributed by atoms with Gasteiger partial charge in [-0.2, -0.15) is 5.26 Å². The lowest BCUT2D eigenvalue weighted by molar-refractivity contribution is 0.0584. The first-order valence-electron chi connectivity index (χ1n) is 6.87. The second-order valence-corrected chi connectivity index (χ2v) is 5.64. The minimum absolute atomic E-state index is 0.377. The Morgan fingerprint density at radius 2 is 2.05 bits per heavy atom. The summed E-state index contributed by atoms with van der Waals surface area (Å²) in [5, 5.41) is 15.5. The fourth-order valence-corrected chi connectivity index (χ4v) is 2.57. The fourth-order valence-electron chi connectivity index (χ4n) is 2.10. The molecule has 0 aromatic heterocycles. The second-order valence-electron chi connectivity index (χ2n) is 4.79. The van der Waals surface area contributed by atoms with E-state index in [4.69, 9.17) is 10.1 Å². The standard InChI is InChI=1S/C15H16BrN3O2/c16-13-9-5-4-8-12(13)15(20)18-14(10-17)21-19-11-6-2-1-3-7-11/h4-5,8-9,14H,1-3,6-7H2,(H,18,20). The highest BCUT2D eigenvalue weighted by Gasteiger charge is 2.16. The topological polar surface area (TPSA) is 74.5 Å². The number of halogens is 1. The average molecular weight is 350 g/mol. The number of hydrogen-bond donors (Lipinski definition) is 1. The zero-order valence-electron chi connectivity index (χ0n) is 11.5. The first-order chi connectivity index (χ1) is 10.2. The molecule has 1 aliphatic carbocycles. The minimum Gasteiger partial charge on any atom is -0.355 e. The van der Waals surface area contributed by atoms with Crippen LogP contribution in [-0.4, -0.2) is 17.8 Å². The van der Waals surface area contributed by atoms with Crippen molar-refractivity contribution in [2.75, 3.05) is 0 Å². The van der Waals surface area contributed by atoms with Gasteiger partial charge in [-0.05, 0) is 53.7 Å². The molecule has 6 heteroatoms. The third-order valence-electron chi connectivity index (χ3n) is 3.22. The van der Waals surface area contributed by atoms with E-state index >= 15 is 0 Å². The molecule has 1 aliphatic rings. The van der Waals surface area contributed by atoms with E-state index in [0.29, 0.717) is 10.0 Å². The SMILES string of the molecule is N#CC(NC(=O)c1ccccc1Br)ON=C1CCCCC1. The average Bonchev–Trinajstić information content (AvgIpc) is 2.52. The third kappa shape index (κ3) is 4.57. The molecular weight excluding hydrogens is 334 g/mol. The van der Waals surface area contributed by atoms with Crippen LogP contribution in [0.3, 0.4) is 0 Å². The quantitative estimate of drug-likeness (QED) is 0.668. The van der Waals surface area contributed by atoms with Crippen molar-refractivity contribution in [3.8, 4) is 6.07 Å². The van der Waals surface area contributed by atoms with Crippen molar-refractivity contribution in [3.05, 3.63) is 34.3 Å². The van der Waals surface area contributed by atoms with Gasteiger partial charge >= 0.3 is 0 Å². The summed E-state index contributed by atoms with van der Waals surface area (Å²) in [7, 11) is 0. The van der Waals surface area contributed by atoms with Gasteiger partial charge in [-0.1, -0.05) is 23.7 Å². The summed E-state index contributed by atoms with van der Waals surface area (Å²) < 4.78 is 0.665. The number of rotatable bonds is 4. The normalized spacial score (nSPS) is 15.7. The molecule has 0 spiro atoms. The van der Waals surface area contributed by atoms with E-state index in [0.717, 1.165) is 31.4 Å². The molecule has 1 amide bonds. The Kier molecular flexibility index (Phi) is 5.76. The number of carbonyl (C=O) groups is 1. The molecule has 1 fully saturated rings. The van der Waals surface area contributed by atoms with Crippen molar-refractivity contribution < 1.29 is 9.63 Å². The van der Waals surface area contributed by atoms with Crippen molar-refractivity contribution in [1.29, 1.82) is 5.26 Å². The van der Waals surface area contributed by atoms with Gasteiger partial charge in [-0.15, -0.1) is 0 Å². The van der Waals surface area contributed by atoms with Crippen molar-refractivity contribution in [2.45, 2.75) is 38.3 Å². The largest absolute Gasteiger partial charge is 0.355 e. The van der Waals surface area contributed by atoms with Crippen LogP contribution in [0.2, 0.25) is 0 Å². The molecule has 0 radical (unpaired) electrons. The van der Waals surface area contributed by atoms with Crippen molar-refractivity contribution in [1.82, 2.24) is 5.32 Å². The maximum atomic E-state index is 12.1. The summed E-state index contributed by atoms with van der Waals surface area (Å²) >= 11 is 3.30. The maximum Gasteiger partial charge on any atom is 0.287 e. The van der Waals surface area contributed by atoms with E-state index in [1.54, 1.807) is 18.2 Å². The lowest BCUT2D eigenvalue weighted by Crippen LogP contribution is -2.35. The molecular formula is C15H16BrN3O2. The first-order valence-corrected chi connectivity index (χ1v) is 7.66. The summed E-state index contributed by atoms with van der Waals surface area (Å²) in [5.74, 6) is -0.377. The van der Waals surface area contributed by atoms with Gasteiger partial charge in [0.05, 0.1) is 11.3 Å². The Bertz CT molecular complexity index is 573. The molecule has 21 heavy (non-hydrogen) atoms. The van der Waals surface area contributed by atoms with Crippen LogP contribution in [0.1, 0.15) is 42.5 Å². The molecule has 1 N–H and O–H groups in total. The zero-order chi connectivity index (χ0) is 15.1. The monoisotopic (exact) mass is 349 g/mol. The van der Waals surface area contributed by atoms with Gasteiger partial charge in [0.2, 0.25) is 0 Å². The molecule has 0 aliphatic heterocycles. The number of nitrogens with one attached hydrogen (secondary N) is 1. The van der Waals surface area contributed by atoms with Gasteiger partial charge in [0.15, 0.2) is 0 Å². The van der Waals surface area contributed by atoms with Crippen LogP contribution in [0.15, 0.2) is 33.9 Å². The van der Waals surface area contributed by atoms with Crippen LogP contribution in [0.25, 0.3) is 0 Å². The van der Waals surface area contributed by atoms with E-state index in [-0.39, 0.29) is 5.91 Å². The summed E-state index contributed by atoms with van der Waals surface area (Å²) in [6.07, 6.45) is 4.12. The molecule has 5 nitrogen and oxygen atoms in total.